The number of phenolic OH excluding ortho intramolecular Hbond substituents is 1. The molecule has 0 saturated carbocycles. The van der Waals surface area contributed by atoms with Crippen LogP contribution in [0.15, 0.2) is 36.4 Å². The molecule has 2 aromatic carbocycles. The first kappa shape index (κ1) is 14.4. The van der Waals surface area contributed by atoms with E-state index in [1.807, 2.05) is 0 Å². The van der Waals surface area contributed by atoms with Crippen LogP contribution in [-0.2, 0) is 6.54 Å². The molecule has 2 aromatic rings. The van der Waals surface area contributed by atoms with Crippen molar-refractivity contribution in [1.82, 2.24) is 0 Å². The van der Waals surface area contributed by atoms with E-state index in [4.69, 9.17) is 23.2 Å². The lowest BCUT2D eigenvalue weighted by atomic mass is 10.2. The SMILES string of the molecule is O=[N+]([O-])c1cc(O)ccc1NCc1cccc(Cl)c1Cl. The lowest BCUT2D eigenvalue weighted by molar-refractivity contribution is -0.384. The first-order valence-electron chi connectivity index (χ1n) is 5.63. The summed E-state index contributed by atoms with van der Waals surface area (Å²) in [7, 11) is 0. The maximum absolute atomic E-state index is 10.9. The topological polar surface area (TPSA) is 75.4 Å². The van der Waals surface area contributed by atoms with Gasteiger partial charge in [0.05, 0.1) is 21.0 Å². The maximum Gasteiger partial charge on any atom is 0.296 e. The van der Waals surface area contributed by atoms with Crippen molar-refractivity contribution in [2.45, 2.75) is 6.54 Å². The average Bonchev–Trinajstić information content (AvgIpc) is 2.41. The van der Waals surface area contributed by atoms with Gasteiger partial charge in [-0.05, 0) is 23.8 Å². The van der Waals surface area contributed by atoms with Gasteiger partial charge < -0.3 is 10.4 Å². The summed E-state index contributed by atoms with van der Waals surface area (Å²) in [5.74, 6) is -0.164. The standard InChI is InChI=1S/C13H10Cl2N2O3/c14-10-3-1-2-8(13(10)15)7-16-11-5-4-9(18)6-12(11)17(19)20/h1-6,16,18H,7H2. The molecule has 0 fully saturated rings. The quantitative estimate of drug-likeness (QED) is 0.503. The lowest BCUT2D eigenvalue weighted by Crippen LogP contribution is -2.03. The Balaban J connectivity index is 2.23. The molecule has 0 saturated heterocycles. The van der Waals surface area contributed by atoms with Crippen LogP contribution in [0.2, 0.25) is 10.0 Å². The number of halogens is 2. The van der Waals surface area contributed by atoms with Crippen LogP contribution in [0.5, 0.6) is 5.75 Å². The van der Waals surface area contributed by atoms with E-state index in [0.29, 0.717) is 15.7 Å². The highest BCUT2D eigenvalue weighted by Gasteiger charge is 2.14. The van der Waals surface area contributed by atoms with E-state index in [0.717, 1.165) is 11.6 Å². The highest BCUT2D eigenvalue weighted by molar-refractivity contribution is 6.42. The Labute approximate surface area is 124 Å². The summed E-state index contributed by atoms with van der Waals surface area (Å²) >= 11 is 11.9. The summed E-state index contributed by atoms with van der Waals surface area (Å²) in [4.78, 5) is 10.3. The summed E-state index contributed by atoms with van der Waals surface area (Å²) in [6, 6.07) is 9.07. The second kappa shape index (κ2) is 5.98. The second-order valence-corrected chi connectivity index (χ2v) is 4.81. The van der Waals surface area contributed by atoms with E-state index in [-0.39, 0.29) is 18.0 Å². The van der Waals surface area contributed by atoms with Crippen LogP contribution in [0.3, 0.4) is 0 Å². The summed E-state index contributed by atoms with van der Waals surface area (Å²) < 4.78 is 0. The highest BCUT2D eigenvalue weighted by Crippen LogP contribution is 2.30. The minimum Gasteiger partial charge on any atom is -0.508 e. The number of nitrogens with zero attached hydrogens (tertiary/aromatic N) is 1. The van der Waals surface area contributed by atoms with Gasteiger partial charge >= 0.3 is 0 Å². The molecule has 0 amide bonds. The zero-order valence-corrected chi connectivity index (χ0v) is 11.6. The number of nitrogens with one attached hydrogen (secondary N) is 1. The Morgan fingerprint density at radius 2 is 2.00 bits per heavy atom. The minimum atomic E-state index is -0.568. The van der Waals surface area contributed by atoms with Crippen molar-refractivity contribution < 1.29 is 10.0 Å². The first-order chi connectivity index (χ1) is 9.49. The molecule has 0 radical (unpaired) electrons. The van der Waals surface area contributed by atoms with Crippen LogP contribution in [0, 0.1) is 10.1 Å². The monoisotopic (exact) mass is 312 g/mol. The molecule has 0 aromatic heterocycles. The molecule has 0 atom stereocenters. The zero-order valence-electron chi connectivity index (χ0n) is 10.1. The molecule has 0 bridgehead atoms. The predicted octanol–water partition coefficient (Wildman–Crippen LogP) is 4.22. The molecular formula is C13H10Cl2N2O3. The molecule has 7 heteroatoms. The summed E-state index contributed by atoms with van der Waals surface area (Å²) in [5, 5.41) is 23.9. The maximum atomic E-state index is 10.9. The fourth-order valence-corrected chi connectivity index (χ4v) is 2.08. The molecule has 0 aliphatic heterocycles. The third-order valence-corrected chi connectivity index (χ3v) is 3.54. The summed E-state index contributed by atoms with van der Waals surface area (Å²) in [6.07, 6.45) is 0. The van der Waals surface area contributed by atoms with Gasteiger partial charge in [-0.15, -0.1) is 0 Å². The fraction of sp³-hybridized carbons (Fsp3) is 0.0769. The van der Waals surface area contributed by atoms with E-state index in [1.54, 1.807) is 18.2 Å². The van der Waals surface area contributed by atoms with Crippen LogP contribution in [0.4, 0.5) is 11.4 Å². The molecule has 0 aliphatic rings. The number of aromatic hydroxyl groups is 1. The van der Waals surface area contributed by atoms with E-state index in [9.17, 15) is 15.2 Å². The van der Waals surface area contributed by atoms with Gasteiger partial charge in [0, 0.05) is 6.54 Å². The van der Waals surface area contributed by atoms with E-state index < -0.39 is 4.92 Å². The average molecular weight is 313 g/mol. The molecular weight excluding hydrogens is 303 g/mol. The van der Waals surface area contributed by atoms with Gasteiger partial charge in [0.1, 0.15) is 11.4 Å². The summed E-state index contributed by atoms with van der Waals surface area (Å²) in [6.45, 7) is 0.283. The first-order valence-corrected chi connectivity index (χ1v) is 6.39. The number of hydrogen-bond donors (Lipinski definition) is 2. The van der Waals surface area contributed by atoms with Gasteiger partial charge in [0.25, 0.3) is 5.69 Å². The van der Waals surface area contributed by atoms with Gasteiger partial charge in [0.15, 0.2) is 0 Å². The van der Waals surface area contributed by atoms with Crippen LogP contribution in [0.25, 0.3) is 0 Å². The van der Waals surface area contributed by atoms with Gasteiger partial charge in [-0.25, -0.2) is 0 Å². The predicted molar refractivity (Wildman–Crippen MR) is 78.5 cm³/mol. The van der Waals surface area contributed by atoms with Crippen LogP contribution < -0.4 is 5.32 Å². The zero-order chi connectivity index (χ0) is 14.7. The smallest absolute Gasteiger partial charge is 0.296 e. The van der Waals surface area contributed by atoms with Crippen molar-refractivity contribution in [1.29, 1.82) is 0 Å². The van der Waals surface area contributed by atoms with Gasteiger partial charge in [0.2, 0.25) is 0 Å². The Hall–Kier alpha value is -1.98. The summed E-state index contributed by atoms with van der Waals surface area (Å²) in [5.41, 5.74) is 0.813. The Morgan fingerprint density at radius 1 is 1.25 bits per heavy atom. The lowest BCUT2D eigenvalue weighted by Gasteiger charge is -2.09. The van der Waals surface area contributed by atoms with Gasteiger partial charge in [-0.2, -0.15) is 0 Å². The highest BCUT2D eigenvalue weighted by atomic mass is 35.5. The number of rotatable bonds is 4. The third kappa shape index (κ3) is 3.12. The van der Waals surface area contributed by atoms with Crippen molar-refractivity contribution >= 4 is 34.6 Å². The molecule has 2 rings (SSSR count). The van der Waals surface area contributed by atoms with E-state index >= 15 is 0 Å². The Bertz CT molecular complexity index is 662. The Morgan fingerprint density at radius 3 is 2.70 bits per heavy atom. The van der Waals surface area contributed by atoms with Crippen molar-refractivity contribution in [3.8, 4) is 5.75 Å². The van der Waals surface area contributed by atoms with Crippen molar-refractivity contribution in [2.75, 3.05) is 5.32 Å². The molecule has 0 heterocycles. The minimum absolute atomic E-state index is 0.164. The van der Waals surface area contributed by atoms with E-state index in [2.05, 4.69) is 5.32 Å². The molecule has 20 heavy (non-hydrogen) atoms. The molecule has 5 nitrogen and oxygen atoms in total. The molecule has 0 aliphatic carbocycles. The third-order valence-electron chi connectivity index (χ3n) is 2.68. The molecule has 0 spiro atoms. The molecule has 0 unspecified atom stereocenters. The Kier molecular flexibility index (Phi) is 4.32. The molecule has 2 N–H and O–H groups in total. The van der Waals surface area contributed by atoms with Crippen molar-refractivity contribution in [2.24, 2.45) is 0 Å². The fourth-order valence-electron chi connectivity index (χ4n) is 1.70. The number of nitro benzene ring substituents is 1. The van der Waals surface area contributed by atoms with Crippen molar-refractivity contribution in [3.05, 3.63) is 62.1 Å². The van der Waals surface area contributed by atoms with Crippen LogP contribution in [-0.4, -0.2) is 10.0 Å². The van der Waals surface area contributed by atoms with Gasteiger partial charge in [-0.3, -0.25) is 10.1 Å². The van der Waals surface area contributed by atoms with Gasteiger partial charge in [-0.1, -0.05) is 35.3 Å². The van der Waals surface area contributed by atoms with E-state index in [1.165, 1.54) is 12.1 Å². The van der Waals surface area contributed by atoms with Crippen LogP contribution >= 0.6 is 23.2 Å². The number of benzene rings is 2. The number of hydrogen-bond acceptors (Lipinski definition) is 4. The number of nitro groups is 1. The largest absolute Gasteiger partial charge is 0.508 e. The second-order valence-electron chi connectivity index (χ2n) is 4.03. The number of anilines is 1. The van der Waals surface area contributed by atoms with Crippen molar-refractivity contribution in [3.63, 3.8) is 0 Å². The van der Waals surface area contributed by atoms with Crippen LogP contribution in [0.1, 0.15) is 5.56 Å². The normalized spacial score (nSPS) is 10.3. The number of phenols is 1. The molecule has 104 valence electrons.